The Balaban J connectivity index is 2.21. The van der Waals surface area contributed by atoms with Crippen molar-refractivity contribution in [2.75, 3.05) is 21.3 Å². The molecule has 0 aliphatic carbocycles. The number of allylic oxidation sites excluding steroid dienone is 5. The van der Waals surface area contributed by atoms with Crippen LogP contribution in [-0.4, -0.2) is 32.5 Å². The molecule has 0 aliphatic heterocycles. The number of hydrogen-bond donors (Lipinski definition) is 1. The van der Waals surface area contributed by atoms with Crippen LogP contribution >= 0.6 is 0 Å². The molecule has 6 nitrogen and oxygen atoms in total. The van der Waals surface area contributed by atoms with Gasteiger partial charge in [0.05, 0.1) is 20.3 Å². The maximum absolute atomic E-state index is 13.1. The van der Waals surface area contributed by atoms with Gasteiger partial charge in [-0.1, -0.05) is 63.6 Å². The molecular weight excluding hydrogens is 456 g/mol. The number of benzene rings is 1. The molecule has 6 heteroatoms. The van der Waals surface area contributed by atoms with E-state index >= 15 is 0 Å². The van der Waals surface area contributed by atoms with Crippen molar-refractivity contribution in [2.24, 2.45) is 17.8 Å². The summed E-state index contributed by atoms with van der Waals surface area (Å²) in [7, 11) is 4.64. The lowest BCUT2D eigenvalue weighted by Gasteiger charge is -2.26. The first-order valence-corrected chi connectivity index (χ1v) is 12.5. The van der Waals surface area contributed by atoms with Gasteiger partial charge in [-0.25, -0.2) is 0 Å². The molecule has 1 aromatic carbocycles. The minimum atomic E-state index is -0.221. The number of rotatable bonds is 12. The van der Waals surface area contributed by atoms with E-state index in [9.17, 15) is 9.90 Å². The molecular formula is C30H42O6. The molecule has 0 radical (unpaired) electrons. The minimum Gasteiger partial charge on any atom is -0.502 e. The zero-order valence-corrected chi connectivity index (χ0v) is 23.2. The molecule has 36 heavy (non-hydrogen) atoms. The van der Waals surface area contributed by atoms with Crippen molar-refractivity contribution < 1.29 is 23.7 Å². The van der Waals surface area contributed by atoms with E-state index in [-0.39, 0.29) is 45.8 Å². The molecule has 1 aromatic heterocycles. The van der Waals surface area contributed by atoms with Gasteiger partial charge in [-0.15, -0.1) is 0 Å². The van der Waals surface area contributed by atoms with Gasteiger partial charge in [-0.05, 0) is 32.1 Å². The fraction of sp³-hybridized carbons (Fsp3) is 0.500. The first-order chi connectivity index (χ1) is 17.1. The van der Waals surface area contributed by atoms with Gasteiger partial charge < -0.3 is 23.7 Å². The van der Waals surface area contributed by atoms with Crippen molar-refractivity contribution in [3.63, 3.8) is 0 Å². The summed E-state index contributed by atoms with van der Waals surface area (Å²) in [4.78, 5) is 13.1. The molecule has 0 amide bonds. The topological polar surface area (TPSA) is 78.1 Å². The molecule has 0 saturated carbocycles. The summed E-state index contributed by atoms with van der Waals surface area (Å²) in [6.45, 7) is 12.5. The van der Waals surface area contributed by atoms with E-state index in [0.29, 0.717) is 29.4 Å². The maximum Gasteiger partial charge on any atom is 0.202 e. The predicted octanol–water partition coefficient (Wildman–Crippen LogP) is 6.76. The number of ether oxygens (including phenoxy) is 3. The van der Waals surface area contributed by atoms with Crippen LogP contribution in [0.1, 0.15) is 52.4 Å². The summed E-state index contributed by atoms with van der Waals surface area (Å²) in [5, 5.41) is 10.8. The molecule has 1 N–H and O–H groups in total. The van der Waals surface area contributed by atoms with E-state index in [0.717, 1.165) is 6.42 Å². The van der Waals surface area contributed by atoms with Crippen LogP contribution in [0.25, 0.3) is 11.0 Å². The molecule has 198 valence electrons. The second kappa shape index (κ2) is 13.4. The fourth-order valence-electron chi connectivity index (χ4n) is 4.29. The van der Waals surface area contributed by atoms with Crippen LogP contribution in [0, 0.1) is 24.7 Å². The van der Waals surface area contributed by atoms with Gasteiger partial charge in [0, 0.05) is 31.1 Å². The smallest absolute Gasteiger partial charge is 0.202 e. The van der Waals surface area contributed by atoms with Gasteiger partial charge in [-0.2, -0.15) is 0 Å². The summed E-state index contributed by atoms with van der Waals surface area (Å²) in [5.74, 6) is 1.77. The Morgan fingerprint density at radius 2 is 1.72 bits per heavy atom. The Hall–Kier alpha value is -2.99. The molecule has 0 spiro atoms. The molecule has 0 fully saturated rings. The summed E-state index contributed by atoms with van der Waals surface area (Å²) >= 11 is 0. The highest BCUT2D eigenvalue weighted by Gasteiger charge is 2.24. The number of methoxy groups -OCH3 is 3. The number of aromatic hydroxyl groups is 1. The monoisotopic (exact) mass is 498 g/mol. The van der Waals surface area contributed by atoms with Gasteiger partial charge in [0.15, 0.2) is 16.8 Å². The third kappa shape index (κ3) is 6.82. The zero-order valence-electron chi connectivity index (χ0n) is 23.2. The molecule has 2 rings (SSSR count). The first-order valence-electron chi connectivity index (χ1n) is 12.5. The van der Waals surface area contributed by atoms with Crippen LogP contribution in [0.4, 0.5) is 0 Å². The summed E-state index contributed by atoms with van der Waals surface area (Å²) in [6, 6.07) is 1.49. The van der Waals surface area contributed by atoms with E-state index in [1.807, 2.05) is 6.08 Å². The van der Waals surface area contributed by atoms with Crippen molar-refractivity contribution in [1.82, 2.24) is 0 Å². The summed E-state index contributed by atoms with van der Waals surface area (Å²) in [6.07, 6.45) is 11.7. The quantitative estimate of drug-likeness (QED) is 0.326. The van der Waals surface area contributed by atoms with E-state index in [1.54, 1.807) is 14.0 Å². The molecule has 3 unspecified atom stereocenters. The van der Waals surface area contributed by atoms with E-state index < -0.39 is 0 Å². The van der Waals surface area contributed by atoms with Gasteiger partial charge in [0.25, 0.3) is 0 Å². The first kappa shape index (κ1) is 29.2. The normalized spacial score (nSPS) is 15.2. The van der Waals surface area contributed by atoms with Crippen LogP contribution in [0.2, 0.25) is 0 Å². The third-order valence-corrected chi connectivity index (χ3v) is 6.92. The van der Waals surface area contributed by atoms with Gasteiger partial charge >= 0.3 is 0 Å². The second-order valence-corrected chi connectivity index (χ2v) is 9.72. The SMILES string of the molecule is COc1cc(OC)c2c(=O)c(C)c(CCC(C)C(OC)C(C)/C=C/C=C/C=C(\C)C(C)C)oc2c1O. The lowest BCUT2D eigenvalue weighted by Crippen LogP contribution is -2.27. The fourth-order valence-corrected chi connectivity index (χ4v) is 4.29. The molecule has 2 aromatic rings. The van der Waals surface area contributed by atoms with Gasteiger partial charge in [-0.3, -0.25) is 4.79 Å². The molecule has 0 bridgehead atoms. The highest BCUT2D eigenvalue weighted by molar-refractivity contribution is 5.91. The molecule has 0 aliphatic rings. The Morgan fingerprint density at radius 3 is 2.31 bits per heavy atom. The predicted molar refractivity (Wildman–Crippen MR) is 146 cm³/mol. The number of phenols is 1. The second-order valence-electron chi connectivity index (χ2n) is 9.72. The van der Waals surface area contributed by atoms with Crippen molar-refractivity contribution in [3.8, 4) is 17.2 Å². The largest absolute Gasteiger partial charge is 0.502 e. The summed E-state index contributed by atoms with van der Waals surface area (Å²) < 4.78 is 22.5. The van der Waals surface area contributed by atoms with Crippen molar-refractivity contribution in [1.29, 1.82) is 0 Å². The lowest BCUT2D eigenvalue weighted by atomic mass is 9.88. The van der Waals surface area contributed by atoms with Gasteiger partial charge in [0.2, 0.25) is 5.75 Å². The minimum absolute atomic E-state index is 0.00340. The average molecular weight is 499 g/mol. The highest BCUT2D eigenvalue weighted by Crippen LogP contribution is 2.40. The maximum atomic E-state index is 13.1. The van der Waals surface area contributed by atoms with Crippen molar-refractivity contribution >= 4 is 11.0 Å². The van der Waals surface area contributed by atoms with Crippen LogP contribution in [0.3, 0.4) is 0 Å². The van der Waals surface area contributed by atoms with Crippen LogP contribution in [0.15, 0.2) is 51.2 Å². The van der Waals surface area contributed by atoms with Crippen molar-refractivity contribution in [3.05, 3.63) is 63.6 Å². The Labute approximate surface area is 215 Å². The van der Waals surface area contributed by atoms with Gasteiger partial charge in [0.1, 0.15) is 16.9 Å². The molecule has 3 atom stereocenters. The molecule has 0 saturated heterocycles. The van der Waals surface area contributed by atoms with Crippen LogP contribution in [-0.2, 0) is 11.2 Å². The number of hydrogen-bond acceptors (Lipinski definition) is 6. The van der Waals surface area contributed by atoms with Crippen molar-refractivity contribution in [2.45, 2.75) is 60.5 Å². The highest BCUT2D eigenvalue weighted by atomic mass is 16.5. The number of fused-ring (bicyclic) bond motifs is 1. The van der Waals surface area contributed by atoms with E-state index in [4.69, 9.17) is 18.6 Å². The molecule has 1 heterocycles. The third-order valence-electron chi connectivity index (χ3n) is 6.92. The zero-order chi connectivity index (χ0) is 27.0. The Morgan fingerprint density at radius 1 is 1.06 bits per heavy atom. The van der Waals surface area contributed by atoms with Crippen LogP contribution in [0.5, 0.6) is 17.2 Å². The summed E-state index contributed by atoms with van der Waals surface area (Å²) in [5.41, 5.74) is 1.71. The lowest BCUT2D eigenvalue weighted by molar-refractivity contribution is 0.0285. The van der Waals surface area contributed by atoms with Crippen LogP contribution < -0.4 is 14.9 Å². The Kier molecular flexibility index (Phi) is 10.8. The van der Waals surface area contributed by atoms with E-state index in [2.05, 4.69) is 58.9 Å². The van der Waals surface area contributed by atoms with E-state index in [1.165, 1.54) is 25.9 Å². The Bertz CT molecular complexity index is 1170. The number of phenolic OH excluding ortho intramolecular Hbond substituents is 1. The average Bonchev–Trinajstić information content (AvgIpc) is 2.85. The number of aryl methyl sites for hydroxylation is 1. The standard InChI is InChI=1S/C30H42O6/c1-18(2)19(3)13-11-10-12-14-20(4)29(35-9)21(5)15-16-23-22(6)27(31)26-24(33-7)17-25(34-8)28(32)30(26)36-23/h10-14,17-18,20-21,29,32H,15-16H2,1-9H3/b11-10+,14-12+,19-13+.